The molecular formula is C16H25NO2. The Morgan fingerprint density at radius 1 is 1.37 bits per heavy atom. The van der Waals surface area contributed by atoms with Crippen molar-refractivity contribution < 1.29 is 9.47 Å². The molecule has 1 aromatic rings. The van der Waals surface area contributed by atoms with Crippen molar-refractivity contribution >= 4 is 0 Å². The lowest BCUT2D eigenvalue weighted by atomic mass is 10.0. The number of hydrogen-bond acceptors (Lipinski definition) is 3. The Bertz CT molecular complexity index is 402. The van der Waals surface area contributed by atoms with Gasteiger partial charge in [-0.05, 0) is 49.3 Å². The van der Waals surface area contributed by atoms with Gasteiger partial charge in [-0.3, -0.25) is 0 Å². The minimum Gasteiger partial charge on any atom is -0.496 e. The first-order chi connectivity index (χ1) is 9.22. The summed E-state index contributed by atoms with van der Waals surface area (Å²) in [5.41, 5.74) is 8.40. The van der Waals surface area contributed by atoms with Gasteiger partial charge < -0.3 is 15.2 Å². The molecular weight excluding hydrogens is 238 g/mol. The van der Waals surface area contributed by atoms with E-state index in [2.05, 4.69) is 19.1 Å². The Balaban J connectivity index is 1.97. The fourth-order valence-corrected chi connectivity index (χ4v) is 2.14. The molecule has 1 aliphatic rings. The lowest BCUT2D eigenvalue weighted by Crippen LogP contribution is -2.21. The van der Waals surface area contributed by atoms with Crippen LogP contribution in [0.2, 0.25) is 0 Å². The fourth-order valence-electron chi connectivity index (χ4n) is 2.14. The monoisotopic (exact) mass is 263 g/mol. The first-order valence-corrected chi connectivity index (χ1v) is 7.22. The molecule has 1 atom stereocenters. The Kier molecular flexibility index (Phi) is 5.23. The van der Waals surface area contributed by atoms with E-state index in [-0.39, 0.29) is 6.04 Å². The summed E-state index contributed by atoms with van der Waals surface area (Å²) < 4.78 is 11.2. The summed E-state index contributed by atoms with van der Waals surface area (Å²) in [6.07, 6.45) is 4.56. The van der Waals surface area contributed by atoms with Crippen LogP contribution in [0.15, 0.2) is 18.2 Å². The summed E-state index contributed by atoms with van der Waals surface area (Å²) in [5, 5.41) is 0. The van der Waals surface area contributed by atoms with E-state index in [1.165, 1.54) is 18.4 Å². The van der Waals surface area contributed by atoms with E-state index in [0.717, 1.165) is 36.7 Å². The van der Waals surface area contributed by atoms with E-state index < -0.39 is 0 Å². The highest BCUT2D eigenvalue weighted by atomic mass is 16.5. The van der Waals surface area contributed by atoms with Crippen LogP contribution < -0.4 is 10.5 Å². The molecule has 0 saturated heterocycles. The highest BCUT2D eigenvalue weighted by Crippen LogP contribution is 2.29. The second-order valence-corrected chi connectivity index (χ2v) is 5.48. The zero-order valence-corrected chi connectivity index (χ0v) is 12.0. The Hall–Kier alpha value is -1.06. The van der Waals surface area contributed by atoms with Gasteiger partial charge in [0.05, 0.1) is 13.7 Å². The summed E-state index contributed by atoms with van der Waals surface area (Å²) in [7, 11) is 1.71. The second kappa shape index (κ2) is 6.92. The van der Waals surface area contributed by atoms with Crippen molar-refractivity contribution in [3.05, 3.63) is 29.3 Å². The lowest BCUT2D eigenvalue weighted by Gasteiger charge is -2.13. The van der Waals surface area contributed by atoms with Crippen LogP contribution in [0.25, 0.3) is 0 Å². The summed E-state index contributed by atoms with van der Waals surface area (Å²) in [5.74, 6) is 1.70. The minimum atomic E-state index is 0.230. The van der Waals surface area contributed by atoms with Crippen molar-refractivity contribution in [2.45, 2.75) is 45.3 Å². The van der Waals surface area contributed by atoms with Crippen LogP contribution >= 0.6 is 0 Å². The molecule has 3 heteroatoms. The number of methoxy groups -OCH3 is 1. The molecule has 0 spiro atoms. The zero-order valence-electron chi connectivity index (χ0n) is 12.0. The first kappa shape index (κ1) is 14.4. The number of nitrogens with two attached hydrogens (primary N) is 1. The molecule has 0 bridgehead atoms. The van der Waals surface area contributed by atoms with Crippen LogP contribution in [0.1, 0.15) is 37.3 Å². The zero-order chi connectivity index (χ0) is 13.7. The van der Waals surface area contributed by atoms with Crippen molar-refractivity contribution in [3.8, 4) is 5.75 Å². The van der Waals surface area contributed by atoms with Crippen molar-refractivity contribution in [1.82, 2.24) is 0 Å². The van der Waals surface area contributed by atoms with Gasteiger partial charge in [0, 0.05) is 18.2 Å². The molecule has 1 saturated carbocycles. The average molecular weight is 263 g/mol. The summed E-state index contributed by atoms with van der Waals surface area (Å²) in [6, 6.07) is 6.52. The molecule has 1 aromatic carbocycles. The summed E-state index contributed by atoms with van der Waals surface area (Å²) in [6.45, 7) is 3.63. The van der Waals surface area contributed by atoms with Crippen LogP contribution in [-0.2, 0) is 17.8 Å². The number of benzene rings is 1. The molecule has 0 amide bonds. The summed E-state index contributed by atoms with van der Waals surface area (Å²) >= 11 is 0. The van der Waals surface area contributed by atoms with Crippen LogP contribution in [0.4, 0.5) is 0 Å². The fraction of sp³-hybridized carbons (Fsp3) is 0.625. The van der Waals surface area contributed by atoms with Crippen LogP contribution in [0, 0.1) is 5.92 Å². The van der Waals surface area contributed by atoms with E-state index >= 15 is 0 Å². The summed E-state index contributed by atoms with van der Waals surface area (Å²) in [4.78, 5) is 0. The normalized spacial score (nSPS) is 16.4. The maximum absolute atomic E-state index is 6.01. The van der Waals surface area contributed by atoms with Gasteiger partial charge in [0.2, 0.25) is 0 Å². The Morgan fingerprint density at radius 2 is 2.16 bits per heavy atom. The van der Waals surface area contributed by atoms with Crippen molar-refractivity contribution in [3.63, 3.8) is 0 Å². The molecule has 2 rings (SSSR count). The molecule has 106 valence electrons. The lowest BCUT2D eigenvalue weighted by molar-refractivity contribution is 0.109. The molecule has 0 aromatic heterocycles. The predicted molar refractivity (Wildman–Crippen MR) is 77.3 cm³/mol. The van der Waals surface area contributed by atoms with Gasteiger partial charge in [0.15, 0.2) is 0 Å². The van der Waals surface area contributed by atoms with E-state index in [9.17, 15) is 0 Å². The molecule has 3 nitrogen and oxygen atoms in total. The maximum atomic E-state index is 6.01. The molecule has 19 heavy (non-hydrogen) atoms. The van der Waals surface area contributed by atoms with E-state index in [4.69, 9.17) is 15.2 Å². The number of ether oxygens (including phenoxy) is 2. The van der Waals surface area contributed by atoms with E-state index in [1.807, 2.05) is 6.07 Å². The molecule has 0 aliphatic heterocycles. The molecule has 0 heterocycles. The van der Waals surface area contributed by atoms with Gasteiger partial charge in [-0.1, -0.05) is 13.0 Å². The van der Waals surface area contributed by atoms with Gasteiger partial charge in [0.25, 0.3) is 0 Å². The number of hydrogen-bond donors (Lipinski definition) is 1. The minimum absolute atomic E-state index is 0.230. The quantitative estimate of drug-likeness (QED) is 0.784. The van der Waals surface area contributed by atoms with E-state index in [0.29, 0.717) is 6.61 Å². The maximum Gasteiger partial charge on any atom is 0.124 e. The van der Waals surface area contributed by atoms with Crippen LogP contribution in [-0.4, -0.2) is 19.8 Å². The SMILES string of the molecule is CCC(N)Cc1ccc(OC)c(COCC2CC2)c1. The van der Waals surface area contributed by atoms with E-state index in [1.54, 1.807) is 7.11 Å². The van der Waals surface area contributed by atoms with Gasteiger partial charge in [0.1, 0.15) is 5.75 Å². The highest BCUT2D eigenvalue weighted by molar-refractivity contribution is 5.37. The number of rotatable bonds is 8. The second-order valence-electron chi connectivity index (χ2n) is 5.48. The molecule has 1 unspecified atom stereocenters. The Labute approximate surface area is 116 Å². The standard InChI is InChI=1S/C16H25NO2/c1-3-15(17)9-13-6-7-16(18-2)14(8-13)11-19-10-12-4-5-12/h6-8,12,15H,3-5,9-11,17H2,1-2H3. The first-order valence-electron chi connectivity index (χ1n) is 7.22. The smallest absolute Gasteiger partial charge is 0.124 e. The molecule has 0 radical (unpaired) electrons. The Morgan fingerprint density at radius 3 is 2.79 bits per heavy atom. The predicted octanol–water partition coefficient (Wildman–Crippen LogP) is 2.90. The highest BCUT2D eigenvalue weighted by Gasteiger charge is 2.21. The van der Waals surface area contributed by atoms with Crippen molar-refractivity contribution in [2.75, 3.05) is 13.7 Å². The third kappa shape index (κ3) is 4.51. The molecule has 2 N–H and O–H groups in total. The topological polar surface area (TPSA) is 44.5 Å². The molecule has 1 aliphatic carbocycles. The van der Waals surface area contributed by atoms with Gasteiger partial charge in [-0.25, -0.2) is 0 Å². The van der Waals surface area contributed by atoms with Crippen molar-refractivity contribution in [2.24, 2.45) is 11.7 Å². The third-order valence-electron chi connectivity index (χ3n) is 3.68. The van der Waals surface area contributed by atoms with Crippen molar-refractivity contribution in [1.29, 1.82) is 0 Å². The van der Waals surface area contributed by atoms with Gasteiger partial charge in [-0.2, -0.15) is 0 Å². The van der Waals surface area contributed by atoms with Gasteiger partial charge in [-0.15, -0.1) is 0 Å². The van der Waals surface area contributed by atoms with Gasteiger partial charge >= 0.3 is 0 Å². The van der Waals surface area contributed by atoms with Crippen LogP contribution in [0.3, 0.4) is 0 Å². The average Bonchev–Trinajstić information content (AvgIpc) is 3.23. The van der Waals surface area contributed by atoms with Crippen LogP contribution in [0.5, 0.6) is 5.75 Å². The largest absolute Gasteiger partial charge is 0.496 e. The molecule has 1 fully saturated rings. The third-order valence-corrected chi connectivity index (χ3v) is 3.68.